The third-order valence-electron chi connectivity index (χ3n) is 1.68. The Balaban J connectivity index is 2.84. The highest BCUT2D eigenvalue weighted by molar-refractivity contribution is 5.72. The number of aliphatic imine (C=N–C) groups is 1. The topological polar surface area (TPSA) is 24.4 Å². The Labute approximate surface area is 79.7 Å². The van der Waals surface area contributed by atoms with E-state index in [4.69, 9.17) is 0 Å². The molecule has 0 atom stereocenters. The molecule has 0 heterocycles. The molecule has 0 bridgehead atoms. The van der Waals surface area contributed by atoms with Crippen LogP contribution in [-0.2, 0) is 0 Å². The minimum Gasteiger partial charge on any atom is -0.384 e. The Morgan fingerprint density at radius 3 is 2.77 bits per heavy atom. The van der Waals surface area contributed by atoms with Crippen LogP contribution in [0.25, 0.3) is 0 Å². The molecule has 1 N–H and O–H groups in total. The lowest BCUT2D eigenvalue weighted by Crippen LogP contribution is -1.95. The molecule has 2 heteroatoms. The summed E-state index contributed by atoms with van der Waals surface area (Å²) in [4.78, 5) is 4.36. The molecule has 0 spiro atoms. The summed E-state index contributed by atoms with van der Waals surface area (Å²) < 4.78 is 0. The zero-order valence-corrected chi connectivity index (χ0v) is 8.25. The summed E-state index contributed by atoms with van der Waals surface area (Å²) in [5, 5.41) is 3.27. The summed E-state index contributed by atoms with van der Waals surface area (Å²) in [6.45, 7) is 5.10. The molecule has 70 valence electrons. The summed E-state index contributed by atoms with van der Waals surface area (Å²) in [5.74, 6) is 0. The quantitative estimate of drug-likeness (QED) is 0.700. The fourth-order valence-electron chi connectivity index (χ4n) is 1.12. The van der Waals surface area contributed by atoms with Crippen molar-refractivity contribution in [1.82, 2.24) is 0 Å². The summed E-state index contributed by atoms with van der Waals surface area (Å²) in [6.07, 6.45) is 2.90. The first-order valence-electron chi connectivity index (χ1n) is 4.74. The molecule has 0 saturated carbocycles. The molecule has 0 aromatic heterocycles. The lowest BCUT2D eigenvalue weighted by Gasteiger charge is -2.05. The van der Waals surface area contributed by atoms with Gasteiger partial charge >= 0.3 is 0 Å². The van der Waals surface area contributed by atoms with Gasteiger partial charge in [0.05, 0.1) is 11.4 Å². The second-order valence-electron chi connectivity index (χ2n) is 2.77. The minimum absolute atomic E-state index is 0.929. The molecule has 0 aliphatic carbocycles. The molecular weight excluding hydrogens is 160 g/mol. The highest BCUT2D eigenvalue weighted by atomic mass is 14.9. The maximum absolute atomic E-state index is 4.36. The first-order valence-corrected chi connectivity index (χ1v) is 4.74. The van der Waals surface area contributed by atoms with E-state index in [1.54, 1.807) is 0 Å². The highest BCUT2D eigenvalue weighted by Gasteiger charge is 1.95. The lowest BCUT2D eigenvalue weighted by atomic mass is 10.2. The minimum atomic E-state index is 0.929. The average Bonchev–Trinajstić information content (AvgIpc) is 2.17. The fraction of sp³-hybridized carbons (Fsp3) is 0.364. The van der Waals surface area contributed by atoms with E-state index in [0.29, 0.717) is 0 Å². The molecule has 2 nitrogen and oxygen atoms in total. The number of hydrogen-bond donors (Lipinski definition) is 1. The first kappa shape index (κ1) is 9.78. The molecule has 13 heavy (non-hydrogen) atoms. The number of hydrogen-bond acceptors (Lipinski definition) is 2. The number of nitrogens with one attached hydrogen (secondary N) is 1. The summed E-state index contributed by atoms with van der Waals surface area (Å²) >= 11 is 0. The Hall–Kier alpha value is -1.31. The summed E-state index contributed by atoms with van der Waals surface area (Å²) in [6, 6.07) is 8.09. The van der Waals surface area contributed by atoms with E-state index in [-0.39, 0.29) is 0 Å². The van der Waals surface area contributed by atoms with Crippen molar-refractivity contribution in [3.8, 4) is 0 Å². The van der Waals surface area contributed by atoms with Gasteiger partial charge in [0.1, 0.15) is 0 Å². The van der Waals surface area contributed by atoms with Gasteiger partial charge in [0.2, 0.25) is 0 Å². The van der Waals surface area contributed by atoms with Gasteiger partial charge in [-0.1, -0.05) is 19.1 Å². The molecule has 0 amide bonds. The Morgan fingerprint density at radius 1 is 1.31 bits per heavy atom. The van der Waals surface area contributed by atoms with Crippen LogP contribution in [0.3, 0.4) is 0 Å². The van der Waals surface area contributed by atoms with Crippen molar-refractivity contribution in [1.29, 1.82) is 0 Å². The molecule has 1 rings (SSSR count). The van der Waals surface area contributed by atoms with Crippen molar-refractivity contribution < 1.29 is 0 Å². The van der Waals surface area contributed by atoms with Gasteiger partial charge < -0.3 is 5.32 Å². The first-order chi connectivity index (χ1) is 6.38. The lowest BCUT2D eigenvalue weighted by molar-refractivity contribution is 1.21. The van der Waals surface area contributed by atoms with Gasteiger partial charge in [0.15, 0.2) is 0 Å². The molecule has 0 fully saturated rings. The number of benzene rings is 1. The standard InChI is InChI=1S/C11H16N2/c1-3-9-13-11-8-6-5-7-10(11)12-4-2/h5-9,12H,3-4H2,1-2H3/b13-9-. The van der Waals surface area contributed by atoms with Crippen LogP contribution in [-0.4, -0.2) is 12.8 Å². The third kappa shape index (κ3) is 2.90. The van der Waals surface area contributed by atoms with Crippen molar-refractivity contribution in [3.63, 3.8) is 0 Å². The third-order valence-corrected chi connectivity index (χ3v) is 1.68. The molecule has 0 saturated heterocycles. The van der Waals surface area contributed by atoms with Crippen LogP contribution in [0.1, 0.15) is 20.3 Å². The smallest absolute Gasteiger partial charge is 0.0857 e. The van der Waals surface area contributed by atoms with E-state index >= 15 is 0 Å². The van der Waals surface area contributed by atoms with Crippen LogP contribution >= 0.6 is 0 Å². The van der Waals surface area contributed by atoms with E-state index in [9.17, 15) is 0 Å². The number of anilines is 1. The van der Waals surface area contributed by atoms with Crippen LogP contribution in [0.4, 0.5) is 11.4 Å². The van der Waals surface area contributed by atoms with Crippen LogP contribution in [0.15, 0.2) is 29.3 Å². The Kier molecular flexibility index (Phi) is 4.03. The maximum atomic E-state index is 4.36. The molecule has 1 aromatic rings. The van der Waals surface area contributed by atoms with Crippen molar-refractivity contribution in [2.45, 2.75) is 20.3 Å². The average molecular weight is 176 g/mol. The van der Waals surface area contributed by atoms with Crippen molar-refractivity contribution in [3.05, 3.63) is 24.3 Å². The van der Waals surface area contributed by atoms with Gasteiger partial charge in [0, 0.05) is 12.8 Å². The van der Waals surface area contributed by atoms with Crippen LogP contribution in [0, 0.1) is 0 Å². The second kappa shape index (κ2) is 5.36. The predicted molar refractivity (Wildman–Crippen MR) is 59.0 cm³/mol. The molecule has 0 aliphatic heterocycles. The number of para-hydroxylation sites is 2. The number of rotatable bonds is 4. The van der Waals surface area contributed by atoms with Crippen LogP contribution in [0.5, 0.6) is 0 Å². The fourth-order valence-corrected chi connectivity index (χ4v) is 1.12. The van der Waals surface area contributed by atoms with Crippen LogP contribution < -0.4 is 5.32 Å². The van der Waals surface area contributed by atoms with Gasteiger partial charge in [-0.25, -0.2) is 0 Å². The van der Waals surface area contributed by atoms with E-state index in [0.717, 1.165) is 24.3 Å². The zero-order chi connectivity index (χ0) is 9.52. The highest BCUT2D eigenvalue weighted by Crippen LogP contribution is 2.23. The van der Waals surface area contributed by atoms with E-state index < -0.39 is 0 Å². The molecule has 1 aromatic carbocycles. The Bertz CT molecular complexity index is 279. The molecule has 0 aliphatic rings. The van der Waals surface area contributed by atoms with Gasteiger partial charge in [0.25, 0.3) is 0 Å². The Morgan fingerprint density at radius 2 is 2.08 bits per heavy atom. The van der Waals surface area contributed by atoms with Gasteiger partial charge in [-0.05, 0) is 25.5 Å². The summed E-state index contributed by atoms with van der Waals surface area (Å²) in [5.41, 5.74) is 2.13. The monoisotopic (exact) mass is 176 g/mol. The molecule has 0 unspecified atom stereocenters. The summed E-state index contributed by atoms with van der Waals surface area (Å²) in [7, 11) is 0. The van der Waals surface area contributed by atoms with Crippen LogP contribution in [0.2, 0.25) is 0 Å². The van der Waals surface area contributed by atoms with Crippen molar-refractivity contribution in [2.75, 3.05) is 11.9 Å². The van der Waals surface area contributed by atoms with Crippen molar-refractivity contribution >= 4 is 17.6 Å². The molecular formula is C11H16N2. The van der Waals surface area contributed by atoms with E-state index in [1.165, 1.54) is 0 Å². The van der Waals surface area contributed by atoms with Gasteiger partial charge in [-0.2, -0.15) is 0 Å². The second-order valence-corrected chi connectivity index (χ2v) is 2.77. The maximum Gasteiger partial charge on any atom is 0.0857 e. The van der Waals surface area contributed by atoms with Gasteiger partial charge in [-0.3, -0.25) is 4.99 Å². The van der Waals surface area contributed by atoms with E-state index in [2.05, 4.69) is 24.2 Å². The van der Waals surface area contributed by atoms with E-state index in [1.807, 2.05) is 30.5 Å². The van der Waals surface area contributed by atoms with Crippen molar-refractivity contribution in [2.24, 2.45) is 4.99 Å². The zero-order valence-electron chi connectivity index (χ0n) is 8.25. The normalized spacial score (nSPS) is 10.6. The largest absolute Gasteiger partial charge is 0.384 e. The molecule has 0 radical (unpaired) electrons. The predicted octanol–water partition coefficient (Wildman–Crippen LogP) is 3.23. The SMILES string of the molecule is CC/C=N\c1ccccc1NCC. The van der Waals surface area contributed by atoms with Gasteiger partial charge in [-0.15, -0.1) is 0 Å². The number of nitrogens with zero attached hydrogens (tertiary/aromatic N) is 1.